The van der Waals surface area contributed by atoms with Gasteiger partial charge in [0.2, 0.25) is 5.91 Å². The number of benzene rings is 3. The zero-order chi connectivity index (χ0) is 21.6. The van der Waals surface area contributed by atoms with Crippen LogP contribution in [0.5, 0.6) is 5.75 Å². The number of hydrogen-bond acceptors (Lipinski definition) is 5. The number of methoxy groups -OCH3 is 1. The highest BCUT2D eigenvalue weighted by Gasteiger charge is 2.17. The average molecular weight is 451 g/mol. The molecule has 4 aromatic rings. The fourth-order valence-electron chi connectivity index (χ4n) is 2.96. The van der Waals surface area contributed by atoms with Crippen molar-refractivity contribution < 1.29 is 9.53 Å². The quantitative estimate of drug-likeness (QED) is 0.385. The van der Waals surface area contributed by atoms with Gasteiger partial charge in [-0.05, 0) is 60.7 Å². The molecule has 1 heterocycles. The van der Waals surface area contributed by atoms with Crippen molar-refractivity contribution >= 4 is 35.0 Å². The monoisotopic (exact) mass is 450 g/mol. The van der Waals surface area contributed by atoms with Gasteiger partial charge in [0.05, 0.1) is 12.9 Å². The summed E-state index contributed by atoms with van der Waals surface area (Å²) in [5, 5.41) is 12.9. The van der Waals surface area contributed by atoms with Crippen molar-refractivity contribution in [1.82, 2.24) is 14.8 Å². The minimum atomic E-state index is -0.133. The molecule has 1 aromatic heterocycles. The van der Waals surface area contributed by atoms with E-state index in [4.69, 9.17) is 16.3 Å². The van der Waals surface area contributed by atoms with Gasteiger partial charge in [-0.3, -0.25) is 9.36 Å². The maximum atomic E-state index is 12.5. The van der Waals surface area contributed by atoms with Crippen LogP contribution in [0.2, 0.25) is 5.02 Å². The number of hydrogen-bond donors (Lipinski definition) is 1. The summed E-state index contributed by atoms with van der Waals surface area (Å²) in [4.78, 5) is 12.5. The van der Waals surface area contributed by atoms with Crippen LogP contribution in [0.15, 0.2) is 84.0 Å². The van der Waals surface area contributed by atoms with Gasteiger partial charge in [0.15, 0.2) is 11.0 Å². The first-order chi connectivity index (χ1) is 15.1. The normalized spacial score (nSPS) is 10.6. The third-order valence-corrected chi connectivity index (χ3v) is 5.64. The standard InChI is InChI=1S/C23H19ClN4O2S/c1-30-20-13-11-18(12-14-20)25-21(29)15-31-23-27-26-22(16-7-9-17(24)10-8-16)28(23)19-5-3-2-4-6-19/h2-14H,15H2,1H3,(H,25,29). The fraction of sp³-hybridized carbons (Fsp3) is 0.0870. The molecule has 0 spiro atoms. The molecule has 0 aliphatic rings. The van der Waals surface area contributed by atoms with Crippen LogP contribution in [0.4, 0.5) is 5.69 Å². The highest BCUT2D eigenvalue weighted by molar-refractivity contribution is 7.99. The second kappa shape index (κ2) is 9.68. The molecule has 8 heteroatoms. The van der Waals surface area contributed by atoms with Gasteiger partial charge in [0.1, 0.15) is 5.75 Å². The number of rotatable bonds is 7. The molecular formula is C23H19ClN4O2S. The SMILES string of the molecule is COc1ccc(NC(=O)CSc2nnc(-c3ccc(Cl)cc3)n2-c2ccccc2)cc1. The second-order valence-corrected chi connectivity index (χ2v) is 7.93. The predicted octanol–water partition coefficient (Wildman–Crippen LogP) is 5.33. The molecule has 0 atom stereocenters. The highest BCUT2D eigenvalue weighted by Crippen LogP contribution is 2.28. The van der Waals surface area contributed by atoms with Gasteiger partial charge >= 0.3 is 0 Å². The van der Waals surface area contributed by atoms with Gasteiger partial charge < -0.3 is 10.1 Å². The summed E-state index contributed by atoms with van der Waals surface area (Å²) in [7, 11) is 1.60. The number of halogens is 1. The Labute approximate surface area is 189 Å². The van der Waals surface area contributed by atoms with E-state index >= 15 is 0 Å². The van der Waals surface area contributed by atoms with Crippen LogP contribution < -0.4 is 10.1 Å². The Hall–Kier alpha value is -3.29. The van der Waals surface area contributed by atoms with Gasteiger partial charge in [0.25, 0.3) is 0 Å². The van der Waals surface area contributed by atoms with Crippen LogP contribution in [0, 0.1) is 0 Å². The first-order valence-corrected chi connectivity index (χ1v) is 10.8. The Morgan fingerprint density at radius 3 is 2.39 bits per heavy atom. The lowest BCUT2D eigenvalue weighted by atomic mass is 10.2. The van der Waals surface area contributed by atoms with Gasteiger partial charge in [0, 0.05) is 22.0 Å². The van der Waals surface area contributed by atoms with Crippen molar-refractivity contribution in [2.24, 2.45) is 0 Å². The molecule has 3 aromatic carbocycles. The molecule has 0 aliphatic heterocycles. The molecule has 6 nitrogen and oxygen atoms in total. The van der Waals surface area contributed by atoms with Crippen molar-refractivity contribution in [3.63, 3.8) is 0 Å². The number of nitrogens with one attached hydrogen (secondary N) is 1. The summed E-state index contributed by atoms with van der Waals surface area (Å²) in [6.45, 7) is 0. The number of carbonyl (C=O) groups excluding carboxylic acids is 1. The molecule has 4 rings (SSSR count). The zero-order valence-electron chi connectivity index (χ0n) is 16.7. The number of para-hydroxylation sites is 1. The van der Waals surface area contributed by atoms with Gasteiger partial charge in [-0.25, -0.2) is 0 Å². The topological polar surface area (TPSA) is 69.0 Å². The molecule has 1 amide bonds. The van der Waals surface area contributed by atoms with Crippen molar-refractivity contribution in [2.45, 2.75) is 5.16 Å². The Morgan fingerprint density at radius 1 is 1.00 bits per heavy atom. The third-order valence-electron chi connectivity index (χ3n) is 4.46. The summed E-state index contributed by atoms with van der Waals surface area (Å²) in [6.07, 6.45) is 0. The molecular weight excluding hydrogens is 432 g/mol. The van der Waals surface area contributed by atoms with Crippen molar-refractivity contribution in [3.05, 3.63) is 83.9 Å². The average Bonchev–Trinajstić information content (AvgIpc) is 3.23. The summed E-state index contributed by atoms with van der Waals surface area (Å²) in [6, 6.07) is 24.4. The number of carbonyl (C=O) groups is 1. The van der Waals surface area contributed by atoms with Crippen LogP contribution in [-0.4, -0.2) is 33.5 Å². The number of aromatic nitrogens is 3. The molecule has 0 aliphatic carbocycles. The van der Waals surface area contributed by atoms with E-state index in [0.29, 0.717) is 21.7 Å². The fourth-order valence-corrected chi connectivity index (χ4v) is 3.84. The van der Waals surface area contributed by atoms with E-state index < -0.39 is 0 Å². The van der Waals surface area contributed by atoms with E-state index in [-0.39, 0.29) is 11.7 Å². The summed E-state index contributed by atoms with van der Waals surface area (Å²) >= 11 is 7.35. The summed E-state index contributed by atoms with van der Waals surface area (Å²) < 4.78 is 7.08. The molecule has 0 unspecified atom stereocenters. The minimum absolute atomic E-state index is 0.133. The number of nitrogens with zero attached hydrogens (tertiary/aromatic N) is 3. The van der Waals surface area contributed by atoms with Crippen molar-refractivity contribution in [2.75, 3.05) is 18.2 Å². The Balaban J connectivity index is 1.55. The molecule has 156 valence electrons. The number of thioether (sulfide) groups is 1. The zero-order valence-corrected chi connectivity index (χ0v) is 18.2. The van der Waals surface area contributed by atoms with E-state index in [1.165, 1.54) is 11.8 Å². The highest BCUT2D eigenvalue weighted by atomic mass is 35.5. The molecule has 0 radical (unpaired) electrons. The summed E-state index contributed by atoms with van der Waals surface area (Å²) in [5.74, 6) is 1.47. The van der Waals surface area contributed by atoms with Crippen LogP contribution in [0.3, 0.4) is 0 Å². The molecule has 0 bridgehead atoms. The number of ether oxygens (including phenoxy) is 1. The first kappa shape index (κ1) is 21.0. The smallest absolute Gasteiger partial charge is 0.234 e. The first-order valence-electron chi connectivity index (χ1n) is 9.47. The van der Waals surface area contributed by atoms with Crippen molar-refractivity contribution in [1.29, 1.82) is 0 Å². The van der Waals surface area contributed by atoms with Crippen LogP contribution >= 0.6 is 23.4 Å². The second-order valence-electron chi connectivity index (χ2n) is 6.55. The lowest BCUT2D eigenvalue weighted by Crippen LogP contribution is -2.14. The maximum absolute atomic E-state index is 12.5. The Morgan fingerprint density at radius 2 is 1.71 bits per heavy atom. The van der Waals surface area contributed by atoms with E-state index in [1.807, 2.05) is 59.2 Å². The summed E-state index contributed by atoms with van der Waals surface area (Å²) in [5.41, 5.74) is 2.50. The van der Waals surface area contributed by atoms with Gasteiger partial charge in [-0.2, -0.15) is 0 Å². The minimum Gasteiger partial charge on any atom is -0.497 e. The van der Waals surface area contributed by atoms with E-state index in [9.17, 15) is 4.79 Å². The number of anilines is 1. The predicted molar refractivity (Wildman–Crippen MR) is 124 cm³/mol. The van der Waals surface area contributed by atoms with Crippen LogP contribution in [0.25, 0.3) is 17.1 Å². The van der Waals surface area contributed by atoms with Crippen LogP contribution in [-0.2, 0) is 4.79 Å². The number of amides is 1. The Bertz CT molecular complexity index is 1160. The van der Waals surface area contributed by atoms with E-state index in [2.05, 4.69) is 15.5 Å². The molecule has 1 N–H and O–H groups in total. The van der Waals surface area contributed by atoms with Gasteiger partial charge in [-0.15, -0.1) is 10.2 Å². The molecule has 31 heavy (non-hydrogen) atoms. The molecule has 0 fully saturated rings. The molecule has 0 saturated carbocycles. The van der Waals surface area contributed by atoms with Crippen LogP contribution in [0.1, 0.15) is 0 Å². The largest absolute Gasteiger partial charge is 0.497 e. The van der Waals surface area contributed by atoms with E-state index in [0.717, 1.165) is 17.0 Å². The van der Waals surface area contributed by atoms with Gasteiger partial charge in [-0.1, -0.05) is 41.6 Å². The Kier molecular flexibility index (Phi) is 6.54. The third kappa shape index (κ3) is 5.07. The van der Waals surface area contributed by atoms with Crippen molar-refractivity contribution in [3.8, 4) is 22.8 Å². The van der Waals surface area contributed by atoms with E-state index in [1.54, 1.807) is 31.4 Å². The lowest BCUT2D eigenvalue weighted by Gasteiger charge is -2.10. The molecule has 0 saturated heterocycles. The lowest BCUT2D eigenvalue weighted by molar-refractivity contribution is -0.113. The maximum Gasteiger partial charge on any atom is 0.234 e.